The number of halogens is 5. The summed E-state index contributed by atoms with van der Waals surface area (Å²) in [4.78, 5) is 14.9. The number of esters is 1. The van der Waals surface area contributed by atoms with Crippen molar-refractivity contribution in [3.05, 3.63) is 48.3 Å². The maximum absolute atomic E-state index is 13.9. The van der Waals surface area contributed by atoms with Crippen LogP contribution in [0.3, 0.4) is 0 Å². The van der Waals surface area contributed by atoms with Gasteiger partial charge in [0.25, 0.3) is 6.36 Å². The van der Waals surface area contributed by atoms with Crippen molar-refractivity contribution in [2.75, 3.05) is 6.61 Å². The van der Waals surface area contributed by atoms with Gasteiger partial charge in [-0.25, -0.2) is 13.6 Å². The fraction of sp³-hybridized carbons (Fsp3) is 0.294. The number of carbonyl (C=O) groups is 1. The largest absolute Gasteiger partial charge is 0.461 e. The predicted molar refractivity (Wildman–Crippen MR) is 81.7 cm³/mol. The molecule has 26 heavy (non-hydrogen) atoms. The standard InChI is InChI=1S/C17H14F5NO3/c1-2-25-16(24)17(21,22)13-8-5-11(9-23-13)10-3-6-12(7-4-10)26-15(20)14(18)19/h3-9,14-15H,2H2,1H3. The second-order valence-corrected chi connectivity index (χ2v) is 5.05. The number of nitrogens with zero attached hydrogens (tertiary/aromatic N) is 1. The van der Waals surface area contributed by atoms with E-state index in [0.717, 1.165) is 12.3 Å². The molecule has 1 aromatic heterocycles. The van der Waals surface area contributed by atoms with Crippen molar-refractivity contribution in [3.63, 3.8) is 0 Å². The number of hydrogen-bond acceptors (Lipinski definition) is 4. The zero-order chi connectivity index (χ0) is 19.3. The predicted octanol–water partition coefficient (Wildman–Crippen LogP) is 4.34. The Labute approximate surface area is 145 Å². The number of alkyl halides is 5. The molecule has 1 aromatic carbocycles. The van der Waals surface area contributed by atoms with Gasteiger partial charge < -0.3 is 9.47 Å². The molecular formula is C17H14F5NO3. The molecule has 0 aliphatic heterocycles. The van der Waals surface area contributed by atoms with Gasteiger partial charge in [0.15, 0.2) is 0 Å². The van der Waals surface area contributed by atoms with E-state index in [1.807, 2.05) is 0 Å². The molecule has 0 aliphatic carbocycles. The maximum Gasteiger partial charge on any atom is 0.384 e. The highest BCUT2D eigenvalue weighted by atomic mass is 19.3. The molecule has 0 bridgehead atoms. The summed E-state index contributed by atoms with van der Waals surface area (Å²) in [6, 6.07) is 7.64. The molecule has 0 aliphatic rings. The third-order valence-electron chi connectivity index (χ3n) is 3.25. The van der Waals surface area contributed by atoms with Crippen LogP contribution >= 0.6 is 0 Å². The van der Waals surface area contributed by atoms with Crippen LogP contribution in [0.2, 0.25) is 0 Å². The van der Waals surface area contributed by atoms with Crippen LogP contribution in [0.4, 0.5) is 22.0 Å². The Morgan fingerprint density at radius 2 is 1.69 bits per heavy atom. The van der Waals surface area contributed by atoms with Gasteiger partial charge in [0.05, 0.1) is 6.61 Å². The van der Waals surface area contributed by atoms with Gasteiger partial charge in [0.2, 0.25) is 0 Å². The van der Waals surface area contributed by atoms with E-state index in [4.69, 9.17) is 0 Å². The van der Waals surface area contributed by atoms with Gasteiger partial charge in [0, 0.05) is 11.8 Å². The van der Waals surface area contributed by atoms with E-state index in [9.17, 15) is 26.7 Å². The monoisotopic (exact) mass is 375 g/mol. The second-order valence-electron chi connectivity index (χ2n) is 5.05. The fourth-order valence-electron chi connectivity index (χ4n) is 1.98. The molecule has 0 spiro atoms. The van der Waals surface area contributed by atoms with Crippen LogP contribution < -0.4 is 4.74 Å². The quantitative estimate of drug-likeness (QED) is 0.534. The van der Waals surface area contributed by atoms with E-state index in [-0.39, 0.29) is 12.4 Å². The summed E-state index contributed by atoms with van der Waals surface area (Å²) in [5.74, 6) is -5.68. The zero-order valence-corrected chi connectivity index (χ0v) is 13.5. The third-order valence-corrected chi connectivity index (χ3v) is 3.25. The average Bonchev–Trinajstić information content (AvgIpc) is 2.62. The van der Waals surface area contributed by atoms with Crippen molar-refractivity contribution in [2.24, 2.45) is 0 Å². The van der Waals surface area contributed by atoms with E-state index >= 15 is 0 Å². The van der Waals surface area contributed by atoms with Crippen LogP contribution in [0.5, 0.6) is 5.75 Å². The maximum atomic E-state index is 13.9. The number of carbonyl (C=O) groups excluding carboxylic acids is 1. The van der Waals surface area contributed by atoms with Crippen LogP contribution in [0.1, 0.15) is 12.6 Å². The Morgan fingerprint density at radius 3 is 2.19 bits per heavy atom. The number of aromatic nitrogens is 1. The normalized spacial score (nSPS) is 12.7. The van der Waals surface area contributed by atoms with Crippen molar-refractivity contribution in [1.29, 1.82) is 0 Å². The van der Waals surface area contributed by atoms with Gasteiger partial charge in [-0.1, -0.05) is 18.2 Å². The Balaban J connectivity index is 2.14. The average molecular weight is 375 g/mol. The fourth-order valence-corrected chi connectivity index (χ4v) is 1.98. The minimum absolute atomic E-state index is 0.111. The van der Waals surface area contributed by atoms with Crippen molar-refractivity contribution < 1.29 is 36.2 Å². The van der Waals surface area contributed by atoms with Crippen LogP contribution in [-0.4, -0.2) is 30.3 Å². The number of rotatable bonds is 7. The molecule has 9 heteroatoms. The Kier molecular flexibility index (Phi) is 6.12. The van der Waals surface area contributed by atoms with Crippen LogP contribution in [-0.2, 0) is 15.5 Å². The number of ether oxygens (including phenoxy) is 2. The number of benzene rings is 1. The van der Waals surface area contributed by atoms with Crippen LogP contribution in [0.25, 0.3) is 11.1 Å². The van der Waals surface area contributed by atoms with E-state index in [0.29, 0.717) is 11.1 Å². The SMILES string of the molecule is CCOC(=O)C(F)(F)c1ccc(-c2ccc(OC(F)C(F)F)cc2)cn1. The Hall–Kier alpha value is -2.71. The van der Waals surface area contributed by atoms with Crippen LogP contribution in [0, 0.1) is 0 Å². The number of pyridine rings is 1. The molecule has 1 atom stereocenters. The van der Waals surface area contributed by atoms with Gasteiger partial charge >= 0.3 is 18.3 Å². The number of hydrogen-bond donors (Lipinski definition) is 0. The first-order valence-electron chi connectivity index (χ1n) is 7.46. The molecule has 1 unspecified atom stereocenters. The summed E-state index contributed by atoms with van der Waals surface area (Å²) >= 11 is 0. The second kappa shape index (κ2) is 8.11. The molecule has 2 rings (SSSR count). The summed E-state index contributed by atoms with van der Waals surface area (Å²) in [5, 5.41) is 0. The Bertz CT molecular complexity index is 735. The molecule has 1 heterocycles. The minimum Gasteiger partial charge on any atom is -0.461 e. The van der Waals surface area contributed by atoms with E-state index < -0.39 is 30.4 Å². The van der Waals surface area contributed by atoms with E-state index in [1.165, 1.54) is 37.3 Å². The lowest BCUT2D eigenvalue weighted by Gasteiger charge is -2.14. The summed E-state index contributed by atoms with van der Waals surface area (Å²) in [6.45, 7) is 1.22. The highest BCUT2D eigenvalue weighted by Crippen LogP contribution is 2.30. The van der Waals surface area contributed by atoms with Gasteiger partial charge in [-0.05, 0) is 30.7 Å². The molecule has 0 N–H and O–H groups in total. The molecular weight excluding hydrogens is 361 g/mol. The lowest BCUT2D eigenvalue weighted by atomic mass is 10.1. The van der Waals surface area contributed by atoms with Crippen molar-refractivity contribution >= 4 is 5.97 Å². The molecule has 0 amide bonds. The molecule has 140 valence electrons. The summed E-state index contributed by atoms with van der Waals surface area (Å²) in [6.07, 6.45) is -4.89. The minimum atomic E-state index is -3.88. The van der Waals surface area contributed by atoms with Crippen molar-refractivity contribution in [1.82, 2.24) is 4.98 Å². The lowest BCUT2D eigenvalue weighted by molar-refractivity contribution is -0.173. The Morgan fingerprint density at radius 1 is 1.08 bits per heavy atom. The zero-order valence-electron chi connectivity index (χ0n) is 13.5. The summed E-state index contributed by atoms with van der Waals surface area (Å²) in [5.41, 5.74) is 0.158. The summed E-state index contributed by atoms with van der Waals surface area (Å²) in [7, 11) is 0. The van der Waals surface area contributed by atoms with Gasteiger partial charge in [-0.15, -0.1) is 0 Å². The van der Waals surface area contributed by atoms with Gasteiger partial charge in [0.1, 0.15) is 11.4 Å². The molecule has 0 saturated heterocycles. The molecule has 2 aromatic rings. The van der Waals surface area contributed by atoms with Gasteiger partial charge in [-0.2, -0.15) is 13.2 Å². The first kappa shape index (κ1) is 19.6. The molecule has 4 nitrogen and oxygen atoms in total. The lowest BCUT2D eigenvalue weighted by Crippen LogP contribution is -2.29. The van der Waals surface area contributed by atoms with Crippen molar-refractivity contribution in [3.8, 4) is 16.9 Å². The third kappa shape index (κ3) is 4.47. The van der Waals surface area contributed by atoms with E-state index in [2.05, 4.69) is 14.5 Å². The topological polar surface area (TPSA) is 48.4 Å². The van der Waals surface area contributed by atoms with Gasteiger partial charge in [-0.3, -0.25) is 4.98 Å². The highest BCUT2D eigenvalue weighted by molar-refractivity contribution is 5.79. The first-order chi connectivity index (χ1) is 12.3. The molecule has 0 saturated carbocycles. The highest BCUT2D eigenvalue weighted by Gasteiger charge is 2.44. The summed E-state index contributed by atoms with van der Waals surface area (Å²) < 4.78 is 73.4. The first-order valence-corrected chi connectivity index (χ1v) is 7.46. The van der Waals surface area contributed by atoms with Crippen molar-refractivity contribution in [2.45, 2.75) is 25.6 Å². The molecule has 0 radical (unpaired) electrons. The molecule has 0 fully saturated rings. The smallest absolute Gasteiger partial charge is 0.384 e. The van der Waals surface area contributed by atoms with E-state index in [1.54, 1.807) is 0 Å². The van der Waals surface area contributed by atoms with Crippen LogP contribution in [0.15, 0.2) is 42.6 Å².